The van der Waals surface area contributed by atoms with E-state index in [1.54, 1.807) is 0 Å². The summed E-state index contributed by atoms with van der Waals surface area (Å²) in [5.41, 5.74) is 2.53. The van der Waals surface area contributed by atoms with Crippen LogP contribution < -0.4 is 5.32 Å². The van der Waals surface area contributed by atoms with Gasteiger partial charge in [-0.15, -0.1) is 0 Å². The molecule has 2 aliphatic rings. The van der Waals surface area contributed by atoms with Gasteiger partial charge >= 0.3 is 0 Å². The molecule has 3 heterocycles. The van der Waals surface area contributed by atoms with Crippen LogP contribution in [0.15, 0.2) is 18.5 Å². The molecule has 2 saturated heterocycles. The fourth-order valence-electron chi connectivity index (χ4n) is 3.40. The minimum atomic E-state index is 0.387. The molecule has 1 aromatic rings. The first-order valence-electron chi connectivity index (χ1n) is 6.52. The van der Waals surface area contributed by atoms with Crippen molar-refractivity contribution in [2.45, 2.75) is 44.4 Å². The van der Waals surface area contributed by atoms with Crippen LogP contribution in [0.1, 0.15) is 36.4 Å². The molecule has 0 aromatic carbocycles. The quantitative estimate of drug-likeness (QED) is 0.867. The van der Waals surface area contributed by atoms with Gasteiger partial charge in [-0.05, 0) is 44.4 Å². The van der Waals surface area contributed by atoms with E-state index in [1.165, 1.54) is 30.4 Å². The van der Waals surface area contributed by atoms with Gasteiger partial charge in [0, 0.05) is 24.4 Å². The summed E-state index contributed by atoms with van der Waals surface area (Å²) in [6.07, 6.45) is 8.55. The summed E-state index contributed by atoms with van der Waals surface area (Å²) in [6.45, 7) is 2.10. The SMILES string of the molecule is CNC(c1cncc(C)c1)C1CC2CCC1O2. The van der Waals surface area contributed by atoms with Crippen molar-refractivity contribution in [3.8, 4) is 0 Å². The lowest BCUT2D eigenvalue weighted by Gasteiger charge is -2.28. The highest BCUT2D eigenvalue weighted by molar-refractivity contribution is 5.22. The van der Waals surface area contributed by atoms with E-state index < -0.39 is 0 Å². The second-order valence-corrected chi connectivity index (χ2v) is 5.34. The number of pyridine rings is 1. The Morgan fingerprint density at radius 3 is 2.88 bits per heavy atom. The van der Waals surface area contributed by atoms with Crippen molar-refractivity contribution in [3.63, 3.8) is 0 Å². The predicted molar refractivity (Wildman–Crippen MR) is 66.8 cm³/mol. The summed E-state index contributed by atoms with van der Waals surface area (Å²) in [7, 11) is 2.04. The van der Waals surface area contributed by atoms with E-state index in [9.17, 15) is 0 Å². The van der Waals surface area contributed by atoms with Crippen LogP contribution in [-0.2, 0) is 4.74 Å². The highest BCUT2D eigenvalue weighted by atomic mass is 16.5. The third kappa shape index (κ3) is 1.98. The number of nitrogens with one attached hydrogen (secondary N) is 1. The number of hydrogen-bond acceptors (Lipinski definition) is 3. The lowest BCUT2D eigenvalue weighted by atomic mass is 9.81. The molecule has 0 aliphatic carbocycles. The zero-order chi connectivity index (χ0) is 11.8. The minimum absolute atomic E-state index is 0.387. The van der Waals surface area contributed by atoms with Gasteiger partial charge in [-0.2, -0.15) is 0 Å². The number of aromatic nitrogens is 1. The fraction of sp³-hybridized carbons (Fsp3) is 0.643. The summed E-state index contributed by atoms with van der Waals surface area (Å²) >= 11 is 0. The van der Waals surface area contributed by atoms with Crippen molar-refractivity contribution in [3.05, 3.63) is 29.6 Å². The van der Waals surface area contributed by atoms with E-state index >= 15 is 0 Å². The van der Waals surface area contributed by atoms with Crippen LogP contribution in [0.4, 0.5) is 0 Å². The molecule has 0 spiro atoms. The van der Waals surface area contributed by atoms with Gasteiger partial charge in [0.2, 0.25) is 0 Å². The van der Waals surface area contributed by atoms with Crippen molar-refractivity contribution in [2.24, 2.45) is 5.92 Å². The van der Waals surface area contributed by atoms with Gasteiger partial charge in [0.1, 0.15) is 0 Å². The van der Waals surface area contributed by atoms with Crippen LogP contribution in [0.2, 0.25) is 0 Å². The molecule has 0 amide bonds. The van der Waals surface area contributed by atoms with Gasteiger partial charge < -0.3 is 10.1 Å². The summed E-state index contributed by atoms with van der Waals surface area (Å²) < 4.78 is 5.96. The first kappa shape index (κ1) is 11.2. The first-order chi connectivity index (χ1) is 8.28. The van der Waals surface area contributed by atoms with Crippen molar-refractivity contribution < 1.29 is 4.74 Å². The highest BCUT2D eigenvalue weighted by Crippen LogP contribution is 2.44. The van der Waals surface area contributed by atoms with Crippen LogP contribution in [0, 0.1) is 12.8 Å². The lowest BCUT2D eigenvalue weighted by Crippen LogP contribution is -2.31. The van der Waals surface area contributed by atoms with Crippen LogP contribution >= 0.6 is 0 Å². The molecule has 2 fully saturated rings. The van der Waals surface area contributed by atoms with E-state index in [0.29, 0.717) is 24.2 Å². The largest absolute Gasteiger partial charge is 0.375 e. The summed E-state index contributed by atoms with van der Waals surface area (Å²) in [5, 5.41) is 3.45. The Bertz CT molecular complexity index is 407. The molecule has 92 valence electrons. The maximum absolute atomic E-state index is 5.96. The van der Waals surface area contributed by atoms with E-state index in [4.69, 9.17) is 4.74 Å². The Hall–Kier alpha value is -0.930. The van der Waals surface area contributed by atoms with Gasteiger partial charge in [0.05, 0.1) is 12.2 Å². The first-order valence-corrected chi connectivity index (χ1v) is 6.52. The molecule has 4 atom stereocenters. The summed E-state index contributed by atoms with van der Waals surface area (Å²) in [5.74, 6) is 0.613. The number of fused-ring (bicyclic) bond motifs is 2. The molecule has 3 nitrogen and oxygen atoms in total. The standard InChI is InChI=1S/C14H20N2O/c1-9-5-10(8-16-7-9)14(15-2)12-6-11-3-4-13(12)17-11/h5,7-8,11-15H,3-4,6H2,1-2H3. The monoisotopic (exact) mass is 232 g/mol. The zero-order valence-electron chi connectivity index (χ0n) is 10.5. The molecule has 3 heteroatoms. The minimum Gasteiger partial charge on any atom is -0.375 e. The summed E-state index contributed by atoms with van der Waals surface area (Å²) in [4.78, 5) is 4.31. The van der Waals surface area contributed by atoms with E-state index in [0.717, 1.165) is 0 Å². The van der Waals surface area contributed by atoms with Gasteiger partial charge in [-0.1, -0.05) is 6.07 Å². The van der Waals surface area contributed by atoms with Crippen molar-refractivity contribution in [1.29, 1.82) is 0 Å². The third-order valence-electron chi connectivity index (χ3n) is 4.15. The fourth-order valence-corrected chi connectivity index (χ4v) is 3.40. The smallest absolute Gasteiger partial charge is 0.0627 e. The average Bonchev–Trinajstić information content (AvgIpc) is 2.92. The van der Waals surface area contributed by atoms with Crippen molar-refractivity contribution >= 4 is 0 Å². The van der Waals surface area contributed by atoms with Crippen LogP contribution in [-0.4, -0.2) is 24.2 Å². The Morgan fingerprint density at radius 1 is 1.41 bits per heavy atom. The maximum Gasteiger partial charge on any atom is 0.0627 e. The molecule has 1 aromatic heterocycles. The molecule has 3 rings (SSSR count). The van der Waals surface area contributed by atoms with E-state index in [-0.39, 0.29) is 0 Å². The lowest BCUT2D eigenvalue weighted by molar-refractivity contribution is 0.0862. The molecule has 1 N–H and O–H groups in total. The van der Waals surface area contributed by atoms with Crippen molar-refractivity contribution in [1.82, 2.24) is 10.3 Å². The topological polar surface area (TPSA) is 34.2 Å². The van der Waals surface area contributed by atoms with E-state index in [1.807, 2.05) is 19.4 Å². The van der Waals surface area contributed by atoms with Crippen LogP contribution in [0.5, 0.6) is 0 Å². The number of aryl methyl sites for hydroxylation is 1. The zero-order valence-corrected chi connectivity index (χ0v) is 10.5. The average molecular weight is 232 g/mol. The molecule has 17 heavy (non-hydrogen) atoms. The van der Waals surface area contributed by atoms with Gasteiger partial charge in [-0.25, -0.2) is 0 Å². The molecule has 0 radical (unpaired) electrons. The highest BCUT2D eigenvalue weighted by Gasteiger charge is 2.44. The van der Waals surface area contributed by atoms with Gasteiger partial charge in [-0.3, -0.25) is 4.98 Å². The Kier molecular flexibility index (Phi) is 2.89. The molecular weight excluding hydrogens is 212 g/mol. The number of rotatable bonds is 3. The third-order valence-corrected chi connectivity index (χ3v) is 4.15. The maximum atomic E-state index is 5.96. The van der Waals surface area contributed by atoms with E-state index in [2.05, 4.69) is 23.3 Å². The number of hydrogen-bond donors (Lipinski definition) is 1. The van der Waals surface area contributed by atoms with Crippen LogP contribution in [0.25, 0.3) is 0 Å². The van der Waals surface area contributed by atoms with Gasteiger partial charge in [0.15, 0.2) is 0 Å². The molecule has 2 aliphatic heterocycles. The van der Waals surface area contributed by atoms with Crippen molar-refractivity contribution in [2.75, 3.05) is 7.05 Å². The number of nitrogens with zero attached hydrogens (tertiary/aromatic N) is 1. The molecular formula is C14H20N2O. The Balaban J connectivity index is 1.84. The second kappa shape index (κ2) is 4.39. The normalized spacial score (nSPS) is 32.9. The molecule has 4 unspecified atom stereocenters. The summed E-state index contributed by atoms with van der Waals surface area (Å²) in [6, 6.07) is 2.62. The Morgan fingerprint density at radius 2 is 2.29 bits per heavy atom. The Labute approximate surface area is 103 Å². The van der Waals surface area contributed by atoms with Gasteiger partial charge in [0.25, 0.3) is 0 Å². The second-order valence-electron chi connectivity index (χ2n) is 5.34. The number of ether oxygens (including phenoxy) is 1. The van der Waals surface area contributed by atoms with Crippen LogP contribution in [0.3, 0.4) is 0 Å². The molecule has 0 saturated carbocycles. The predicted octanol–water partition coefficient (Wildman–Crippen LogP) is 2.22. The molecule has 2 bridgehead atoms.